The lowest BCUT2D eigenvalue weighted by atomic mass is 10.0. The maximum Gasteiger partial charge on any atom is 0.269 e. The van der Waals surface area contributed by atoms with Crippen molar-refractivity contribution in [3.8, 4) is 17.6 Å². The first-order valence-electron chi connectivity index (χ1n) is 10.7. The number of nitro groups is 1. The number of benzene rings is 3. The van der Waals surface area contributed by atoms with E-state index in [9.17, 15) is 15.4 Å². The van der Waals surface area contributed by atoms with Crippen LogP contribution in [-0.4, -0.2) is 11.5 Å². The Morgan fingerprint density at radius 2 is 1.86 bits per heavy atom. The normalized spacial score (nSPS) is 11.0. The molecule has 0 bridgehead atoms. The lowest BCUT2D eigenvalue weighted by molar-refractivity contribution is -0.384. The zero-order valence-electron chi connectivity index (χ0n) is 19.0. The summed E-state index contributed by atoms with van der Waals surface area (Å²) < 4.78 is 12.0. The van der Waals surface area contributed by atoms with E-state index in [0.29, 0.717) is 45.7 Å². The number of nitrogens with zero attached hydrogens (tertiary/aromatic N) is 2. The van der Waals surface area contributed by atoms with E-state index < -0.39 is 4.92 Å². The Hall–Kier alpha value is -3.79. The first kappa shape index (κ1) is 25.8. The van der Waals surface area contributed by atoms with Crippen LogP contribution in [-0.2, 0) is 13.0 Å². The fourth-order valence-electron chi connectivity index (χ4n) is 3.40. The van der Waals surface area contributed by atoms with Gasteiger partial charge in [0.1, 0.15) is 6.61 Å². The minimum absolute atomic E-state index is 0.0404. The highest BCUT2D eigenvalue weighted by Crippen LogP contribution is 2.36. The van der Waals surface area contributed by atoms with Crippen molar-refractivity contribution in [3.63, 3.8) is 0 Å². The molecule has 0 spiro atoms. The number of nitriles is 1. The lowest BCUT2D eigenvalue weighted by Gasteiger charge is -2.17. The molecule has 0 fully saturated rings. The van der Waals surface area contributed by atoms with Crippen LogP contribution in [0.5, 0.6) is 11.5 Å². The van der Waals surface area contributed by atoms with Gasteiger partial charge >= 0.3 is 0 Å². The summed E-state index contributed by atoms with van der Waals surface area (Å²) >= 11 is 12.1. The highest BCUT2D eigenvalue weighted by molar-refractivity contribution is 6.42. The summed E-state index contributed by atoms with van der Waals surface area (Å²) in [6.45, 7) is 6.38. The number of rotatable bonds is 10. The topological polar surface area (TPSA) is 85.4 Å². The number of allylic oxidation sites excluding steroid dienone is 2. The summed E-state index contributed by atoms with van der Waals surface area (Å²) in [6.07, 6.45) is 3.98. The van der Waals surface area contributed by atoms with E-state index in [1.165, 1.54) is 12.1 Å². The minimum Gasteiger partial charge on any atom is -0.490 e. The van der Waals surface area contributed by atoms with Crippen LogP contribution in [0, 0.1) is 21.4 Å². The van der Waals surface area contributed by atoms with Crippen molar-refractivity contribution in [1.82, 2.24) is 0 Å². The van der Waals surface area contributed by atoms with Gasteiger partial charge in [0.2, 0.25) is 0 Å². The van der Waals surface area contributed by atoms with Crippen LogP contribution in [0.15, 0.2) is 67.3 Å². The van der Waals surface area contributed by atoms with Gasteiger partial charge in [-0.3, -0.25) is 10.1 Å². The summed E-state index contributed by atoms with van der Waals surface area (Å²) in [5, 5.41) is 21.6. The van der Waals surface area contributed by atoms with Gasteiger partial charge in [0.25, 0.3) is 5.69 Å². The Labute approximate surface area is 213 Å². The highest BCUT2D eigenvalue weighted by Gasteiger charge is 2.15. The van der Waals surface area contributed by atoms with Crippen molar-refractivity contribution in [1.29, 1.82) is 5.26 Å². The number of non-ortho nitro benzene ring substituents is 1. The largest absolute Gasteiger partial charge is 0.490 e. The van der Waals surface area contributed by atoms with E-state index in [1.54, 1.807) is 42.5 Å². The van der Waals surface area contributed by atoms with Crippen LogP contribution >= 0.6 is 23.2 Å². The van der Waals surface area contributed by atoms with Gasteiger partial charge in [-0.15, -0.1) is 6.58 Å². The number of ether oxygens (including phenoxy) is 2. The first-order chi connectivity index (χ1) is 16.9. The summed E-state index contributed by atoms with van der Waals surface area (Å²) in [7, 11) is 0. The molecule has 0 heterocycles. The molecule has 35 heavy (non-hydrogen) atoms. The van der Waals surface area contributed by atoms with Crippen molar-refractivity contribution in [2.24, 2.45) is 0 Å². The Balaban J connectivity index is 1.99. The Kier molecular flexibility index (Phi) is 8.91. The maximum atomic E-state index is 10.9. The zero-order chi connectivity index (χ0) is 25.4. The van der Waals surface area contributed by atoms with E-state index in [2.05, 4.69) is 12.6 Å². The summed E-state index contributed by atoms with van der Waals surface area (Å²) in [6, 6.07) is 17.0. The Morgan fingerprint density at radius 1 is 1.11 bits per heavy atom. The summed E-state index contributed by atoms with van der Waals surface area (Å²) in [5.41, 5.74) is 3.29. The predicted octanol–water partition coefficient (Wildman–Crippen LogP) is 7.67. The summed E-state index contributed by atoms with van der Waals surface area (Å²) in [5.74, 6) is 1.10. The Morgan fingerprint density at radius 3 is 2.46 bits per heavy atom. The van der Waals surface area contributed by atoms with Crippen molar-refractivity contribution in [2.75, 3.05) is 6.61 Å². The first-order valence-corrected chi connectivity index (χ1v) is 11.5. The zero-order valence-corrected chi connectivity index (χ0v) is 20.5. The van der Waals surface area contributed by atoms with E-state index in [1.807, 2.05) is 19.1 Å². The molecule has 0 amide bonds. The summed E-state index contributed by atoms with van der Waals surface area (Å²) in [4.78, 5) is 10.4. The highest BCUT2D eigenvalue weighted by atomic mass is 35.5. The predicted molar refractivity (Wildman–Crippen MR) is 139 cm³/mol. The molecule has 0 aromatic heterocycles. The van der Waals surface area contributed by atoms with Gasteiger partial charge in [-0.05, 0) is 72.5 Å². The molecular weight excluding hydrogens is 487 g/mol. The van der Waals surface area contributed by atoms with Gasteiger partial charge in [-0.25, -0.2) is 0 Å². The molecule has 3 aromatic carbocycles. The minimum atomic E-state index is -0.480. The smallest absolute Gasteiger partial charge is 0.269 e. The lowest BCUT2D eigenvalue weighted by Crippen LogP contribution is -2.03. The second-order valence-electron chi connectivity index (χ2n) is 7.44. The van der Waals surface area contributed by atoms with Crippen LogP contribution in [0.25, 0.3) is 11.6 Å². The standard InChI is InChI=1S/C27H22Cl2N2O4/c1-3-5-21-12-19(13-22(16-30)20-7-9-23(10-8-20)31(32)33)15-26(34-4-2)27(21)35-17-18-6-11-24(28)25(29)14-18/h3,6-15H,1,4-5,17H2,2H3/b22-13-. The van der Waals surface area contributed by atoms with E-state index in [0.717, 1.165) is 16.7 Å². The average Bonchev–Trinajstić information content (AvgIpc) is 2.84. The van der Waals surface area contributed by atoms with Crippen molar-refractivity contribution >= 4 is 40.5 Å². The number of nitro benzene ring substituents is 1. The average molecular weight is 509 g/mol. The van der Waals surface area contributed by atoms with Crippen LogP contribution in [0.4, 0.5) is 5.69 Å². The van der Waals surface area contributed by atoms with Gasteiger partial charge in [0.15, 0.2) is 11.5 Å². The van der Waals surface area contributed by atoms with E-state index in [4.69, 9.17) is 32.7 Å². The van der Waals surface area contributed by atoms with Gasteiger partial charge in [0, 0.05) is 17.7 Å². The Bertz CT molecular complexity index is 1310. The molecule has 0 radical (unpaired) electrons. The van der Waals surface area contributed by atoms with Crippen LogP contribution in [0.3, 0.4) is 0 Å². The van der Waals surface area contributed by atoms with Crippen LogP contribution in [0.1, 0.15) is 29.2 Å². The quantitative estimate of drug-likeness (QED) is 0.0920. The maximum absolute atomic E-state index is 10.9. The van der Waals surface area contributed by atoms with E-state index >= 15 is 0 Å². The second kappa shape index (κ2) is 12.1. The molecule has 0 saturated carbocycles. The van der Waals surface area contributed by atoms with Gasteiger partial charge in [-0.2, -0.15) is 5.26 Å². The van der Waals surface area contributed by atoms with Crippen molar-refractivity contribution in [2.45, 2.75) is 20.0 Å². The SMILES string of the molecule is C=CCc1cc(/C=C(/C#N)c2ccc([N+](=O)[O-])cc2)cc(OCC)c1OCc1ccc(Cl)c(Cl)c1. The monoisotopic (exact) mass is 508 g/mol. The molecule has 0 atom stereocenters. The molecule has 6 nitrogen and oxygen atoms in total. The third-order valence-corrected chi connectivity index (χ3v) is 5.74. The number of halogens is 2. The molecule has 0 aliphatic heterocycles. The van der Waals surface area contributed by atoms with Gasteiger partial charge < -0.3 is 9.47 Å². The third-order valence-electron chi connectivity index (χ3n) is 5.01. The molecule has 0 saturated heterocycles. The van der Waals surface area contributed by atoms with Gasteiger partial charge in [-0.1, -0.05) is 35.3 Å². The number of hydrogen-bond acceptors (Lipinski definition) is 5. The molecule has 3 rings (SSSR count). The molecular formula is C27H22Cl2N2O4. The fourth-order valence-corrected chi connectivity index (χ4v) is 3.72. The third kappa shape index (κ3) is 6.63. The fraction of sp³-hybridized carbons (Fsp3) is 0.148. The molecule has 0 aliphatic rings. The molecule has 8 heteroatoms. The van der Waals surface area contributed by atoms with Crippen molar-refractivity contribution < 1.29 is 14.4 Å². The van der Waals surface area contributed by atoms with E-state index in [-0.39, 0.29) is 12.3 Å². The van der Waals surface area contributed by atoms with Crippen LogP contribution in [0.2, 0.25) is 10.0 Å². The second-order valence-corrected chi connectivity index (χ2v) is 8.26. The van der Waals surface area contributed by atoms with Gasteiger partial charge in [0.05, 0.1) is 33.2 Å². The van der Waals surface area contributed by atoms with Crippen LogP contribution < -0.4 is 9.47 Å². The van der Waals surface area contributed by atoms with Crippen molar-refractivity contribution in [3.05, 3.63) is 110 Å². The number of hydrogen-bond donors (Lipinski definition) is 0. The molecule has 3 aromatic rings. The molecule has 0 N–H and O–H groups in total. The molecule has 178 valence electrons. The molecule has 0 unspecified atom stereocenters. The molecule has 0 aliphatic carbocycles.